The van der Waals surface area contributed by atoms with E-state index < -0.39 is 5.60 Å². The van der Waals surface area contributed by atoms with E-state index in [1.165, 1.54) is 16.7 Å². The second-order valence-corrected chi connectivity index (χ2v) is 14.0. The first-order valence-corrected chi connectivity index (χ1v) is 14.6. The van der Waals surface area contributed by atoms with Crippen LogP contribution in [0.3, 0.4) is 0 Å². The fourth-order valence-corrected chi connectivity index (χ4v) is 3.39. The molecule has 0 aliphatic rings. The molecule has 0 fully saturated rings. The van der Waals surface area contributed by atoms with Crippen LogP contribution in [0.4, 0.5) is 0 Å². The van der Waals surface area contributed by atoms with Gasteiger partial charge >= 0.3 is 23.2 Å². The van der Waals surface area contributed by atoms with Crippen molar-refractivity contribution in [3.63, 3.8) is 0 Å². The van der Waals surface area contributed by atoms with E-state index >= 15 is 0 Å². The molecular weight excluding hydrogens is 914 g/mol. The normalized spacial score (nSPS) is 10.2. The van der Waals surface area contributed by atoms with Gasteiger partial charge in [-0.1, -0.05) is 91.0 Å². The number of benzene rings is 3. The maximum atomic E-state index is 9.45. The Bertz CT molecular complexity index is 904. The number of hydrogen-bond donors (Lipinski definition) is 0. The number of quaternary nitrogens is 3. The van der Waals surface area contributed by atoms with E-state index in [0.717, 1.165) is 33.1 Å². The van der Waals surface area contributed by atoms with E-state index in [1.807, 2.05) is 0 Å². The van der Waals surface area contributed by atoms with Crippen LogP contribution >= 0.6 is 67.9 Å². The second kappa shape index (κ2) is 30.0. The van der Waals surface area contributed by atoms with E-state index in [-0.39, 0.29) is 67.9 Å². The topological polar surface area (TPSA) is 49.4 Å². The summed E-state index contributed by atoms with van der Waals surface area (Å²) in [6.07, 6.45) is 0. The first kappa shape index (κ1) is 57.2. The second-order valence-electron chi connectivity index (χ2n) is 14.0. The molecule has 6 nitrogen and oxygen atoms in total. The predicted octanol–water partition coefficient (Wildman–Crippen LogP) is 7.95. The number of hydrogen-bond acceptors (Lipinski definition) is 3. The Morgan fingerprint density at radius 2 is 0.644 bits per heavy atom. The van der Waals surface area contributed by atoms with Crippen LogP contribution in [0.5, 0.6) is 0 Å². The average Bonchev–Trinajstić information content (AvgIpc) is 2.85. The van der Waals surface area contributed by atoms with Gasteiger partial charge in [-0.2, -0.15) is 0 Å². The summed E-state index contributed by atoms with van der Waals surface area (Å²) in [6.45, 7) is 8.42. The van der Waals surface area contributed by atoms with Gasteiger partial charge in [-0.15, -0.1) is 67.9 Å². The third-order valence-electron chi connectivity index (χ3n) is 4.75. The van der Waals surface area contributed by atoms with Crippen molar-refractivity contribution in [3.8, 4) is 0 Å². The molecule has 0 saturated carbocycles. The van der Waals surface area contributed by atoms with Gasteiger partial charge in [0.1, 0.15) is 19.6 Å². The van der Waals surface area contributed by atoms with Crippen molar-refractivity contribution in [3.05, 3.63) is 108 Å². The molecule has 0 bridgehead atoms. The number of rotatable bonds is 6. The van der Waals surface area contributed by atoms with Crippen molar-refractivity contribution in [1.82, 2.24) is 0 Å². The number of nitrogens with zero attached hydrogens (tertiary/aromatic N) is 3. The Morgan fingerprint density at radius 3 is 0.756 bits per heavy atom. The molecule has 11 heteroatoms. The number of halogens is 4. The molecule has 0 radical (unpaired) electrons. The van der Waals surface area contributed by atoms with Gasteiger partial charge in [-0.3, -0.25) is 0 Å². The standard InChI is InChI=1S/3C10H16N.C4H10O2.4BrH.Mo.O/c3*1-11(2,3)9-10-7-5-4-6-8-10;1-4(2,3)6-5;;;;;;/h3*4-8H,9H2,1-3H3;5H,1-3H3;4*1H;;/q3*+1;;;;;;;/p-1. The molecule has 3 aromatic rings. The fraction of sp³-hybridized carbons (Fsp3) is 0.471. The maximum absolute atomic E-state index is 9.45. The summed E-state index contributed by atoms with van der Waals surface area (Å²) in [7, 11) is 19.8. The molecule has 0 heterocycles. The van der Waals surface area contributed by atoms with Crippen molar-refractivity contribution < 1.29 is 46.8 Å². The van der Waals surface area contributed by atoms with Crippen LogP contribution in [-0.4, -0.2) is 82.5 Å². The molecule has 3 aromatic carbocycles. The Kier molecular flexibility index (Phi) is 38.1. The molecule has 0 N–H and O–H groups in total. The van der Waals surface area contributed by atoms with Gasteiger partial charge in [0.2, 0.25) is 0 Å². The SMILES string of the molecule is Br.Br.Br.Br.CC(C)(C)O[O-].C[N+](C)(C)Cc1ccccc1.C[N+](C)(C)Cc1ccccc1.C[N+](C)(C)Cc1ccccc1.[O]=[Mo]. The zero-order chi connectivity index (χ0) is 32.2. The molecular formula is C34H61Br4MoN3O3+2. The van der Waals surface area contributed by atoms with Crippen LogP contribution in [0.1, 0.15) is 37.5 Å². The molecule has 0 aliphatic heterocycles. The Balaban J connectivity index is -0.000000109. The first-order valence-electron chi connectivity index (χ1n) is 13.8. The van der Waals surface area contributed by atoms with E-state index in [4.69, 9.17) is 3.40 Å². The Morgan fingerprint density at radius 1 is 0.489 bits per heavy atom. The van der Waals surface area contributed by atoms with Crippen molar-refractivity contribution in [2.24, 2.45) is 0 Å². The van der Waals surface area contributed by atoms with Crippen LogP contribution in [0, 0.1) is 0 Å². The van der Waals surface area contributed by atoms with Crippen molar-refractivity contribution in [2.75, 3.05) is 63.4 Å². The summed E-state index contributed by atoms with van der Waals surface area (Å²) >= 11 is 0.700. The first-order chi connectivity index (χ1) is 18.8. The summed E-state index contributed by atoms with van der Waals surface area (Å²) < 4.78 is 11.2. The van der Waals surface area contributed by atoms with E-state index in [9.17, 15) is 5.26 Å². The van der Waals surface area contributed by atoms with Gasteiger partial charge in [0.25, 0.3) is 0 Å². The molecule has 0 amide bonds. The van der Waals surface area contributed by atoms with Gasteiger partial charge in [0, 0.05) is 22.3 Å². The summed E-state index contributed by atoms with van der Waals surface area (Å²) in [5.74, 6) is 0. The molecule has 0 saturated heterocycles. The molecule has 0 spiro atoms. The fourth-order valence-electron chi connectivity index (χ4n) is 3.39. The minimum absolute atomic E-state index is 0. The molecule has 0 unspecified atom stereocenters. The molecule has 0 atom stereocenters. The van der Waals surface area contributed by atoms with Gasteiger partial charge in [-0.05, 0) is 20.8 Å². The van der Waals surface area contributed by atoms with Crippen LogP contribution in [0.2, 0.25) is 0 Å². The summed E-state index contributed by atoms with van der Waals surface area (Å²) in [4.78, 5) is 3.69. The molecule has 262 valence electrons. The summed E-state index contributed by atoms with van der Waals surface area (Å²) in [6, 6.07) is 31.7. The predicted molar refractivity (Wildman–Crippen MR) is 207 cm³/mol. The van der Waals surface area contributed by atoms with Crippen molar-refractivity contribution >= 4 is 67.9 Å². The van der Waals surface area contributed by atoms with Crippen LogP contribution in [-0.2, 0) is 47.7 Å². The van der Waals surface area contributed by atoms with E-state index in [0.29, 0.717) is 19.8 Å². The average molecular weight is 975 g/mol. The zero-order valence-corrected chi connectivity index (χ0v) is 38.2. The quantitative estimate of drug-likeness (QED) is 0.109. The van der Waals surface area contributed by atoms with Crippen molar-refractivity contribution in [2.45, 2.75) is 46.0 Å². The third-order valence-corrected chi connectivity index (χ3v) is 4.75. The van der Waals surface area contributed by atoms with Gasteiger partial charge in [0.05, 0.1) is 63.4 Å². The zero-order valence-electron chi connectivity index (χ0n) is 29.4. The summed E-state index contributed by atoms with van der Waals surface area (Å²) in [5, 5.41) is 9.45. The molecule has 0 aliphatic carbocycles. The minimum atomic E-state index is -0.514. The van der Waals surface area contributed by atoms with Crippen LogP contribution < -0.4 is 5.26 Å². The van der Waals surface area contributed by atoms with Crippen LogP contribution in [0.15, 0.2) is 91.0 Å². The van der Waals surface area contributed by atoms with Gasteiger partial charge in [0.15, 0.2) is 0 Å². The third kappa shape index (κ3) is 43.9. The Hall–Kier alpha value is -0.132. The van der Waals surface area contributed by atoms with E-state index in [1.54, 1.807) is 20.8 Å². The monoisotopic (exact) mass is 973 g/mol. The van der Waals surface area contributed by atoms with Gasteiger partial charge < -0.3 is 23.6 Å². The van der Waals surface area contributed by atoms with Gasteiger partial charge in [-0.25, -0.2) is 0 Å². The Labute approximate surface area is 329 Å². The van der Waals surface area contributed by atoms with Crippen LogP contribution in [0.25, 0.3) is 0 Å². The molecule has 0 aromatic heterocycles. The summed E-state index contributed by atoms with van der Waals surface area (Å²) in [5.41, 5.74) is 3.69. The molecule has 45 heavy (non-hydrogen) atoms. The molecule has 3 rings (SSSR count). The van der Waals surface area contributed by atoms with Crippen molar-refractivity contribution in [1.29, 1.82) is 0 Å². The van der Waals surface area contributed by atoms with E-state index in [2.05, 4.69) is 159 Å².